The van der Waals surface area contributed by atoms with Crippen LogP contribution in [0.15, 0.2) is 24.3 Å². The summed E-state index contributed by atoms with van der Waals surface area (Å²) in [5.74, 6) is 0.453. The van der Waals surface area contributed by atoms with Crippen LogP contribution in [0.4, 0.5) is 0 Å². The van der Waals surface area contributed by atoms with E-state index in [2.05, 4.69) is 24.1 Å². The van der Waals surface area contributed by atoms with Crippen molar-refractivity contribution in [3.63, 3.8) is 0 Å². The van der Waals surface area contributed by atoms with Crippen molar-refractivity contribution in [2.45, 2.75) is 32.9 Å². The number of carbonyl (C=O) groups is 1. The number of ether oxygens (including phenoxy) is 1. The molecule has 1 rings (SSSR count). The van der Waals surface area contributed by atoms with Crippen molar-refractivity contribution < 1.29 is 9.53 Å². The largest absolute Gasteiger partial charge is 0.367 e. The summed E-state index contributed by atoms with van der Waals surface area (Å²) in [6.45, 7) is 5.53. The number of hydrogen-bond acceptors (Lipinski definition) is 3. The molecule has 0 aliphatic carbocycles. The first-order valence-corrected chi connectivity index (χ1v) is 8.01. The predicted molar refractivity (Wildman–Crippen MR) is 91.0 cm³/mol. The molecule has 0 fully saturated rings. The summed E-state index contributed by atoms with van der Waals surface area (Å²) in [5, 5.41) is 3.70. The molecule has 0 aliphatic rings. The molecule has 0 bridgehead atoms. The van der Waals surface area contributed by atoms with Gasteiger partial charge in [0.15, 0.2) is 0 Å². The van der Waals surface area contributed by atoms with Gasteiger partial charge < -0.3 is 15.0 Å². The Kier molecular flexibility index (Phi) is 8.46. The van der Waals surface area contributed by atoms with Crippen LogP contribution < -0.4 is 5.32 Å². The highest BCUT2D eigenvalue weighted by molar-refractivity contribution is 6.31. The lowest BCUT2D eigenvalue weighted by atomic mass is 10.0. The van der Waals surface area contributed by atoms with E-state index in [0.717, 1.165) is 18.5 Å². The Labute approximate surface area is 138 Å². The number of nitrogens with one attached hydrogen (secondary N) is 1. The minimum atomic E-state index is -0.0837. The fourth-order valence-corrected chi connectivity index (χ4v) is 2.52. The second-order valence-electron chi connectivity index (χ2n) is 6.24. The number of rotatable bonds is 9. The molecule has 1 amide bonds. The van der Waals surface area contributed by atoms with Crippen molar-refractivity contribution in [1.29, 1.82) is 0 Å². The van der Waals surface area contributed by atoms with Gasteiger partial charge in [-0.2, -0.15) is 0 Å². The van der Waals surface area contributed by atoms with Crippen LogP contribution in [0.25, 0.3) is 0 Å². The van der Waals surface area contributed by atoms with Crippen LogP contribution >= 0.6 is 11.6 Å². The van der Waals surface area contributed by atoms with E-state index in [1.807, 2.05) is 38.4 Å². The average Bonchev–Trinajstić information content (AvgIpc) is 2.39. The van der Waals surface area contributed by atoms with Crippen LogP contribution in [-0.4, -0.2) is 44.1 Å². The molecule has 5 heteroatoms. The molecule has 0 heterocycles. The smallest absolute Gasteiger partial charge is 0.246 e. The van der Waals surface area contributed by atoms with E-state index >= 15 is 0 Å². The first kappa shape index (κ1) is 18.9. The summed E-state index contributed by atoms with van der Waals surface area (Å²) >= 11 is 6.05. The Balaban J connectivity index is 2.38. The van der Waals surface area contributed by atoms with Gasteiger partial charge in [-0.05, 0) is 38.1 Å². The van der Waals surface area contributed by atoms with Gasteiger partial charge in [0.05, 0.1) is 6.61 Å². The standard InChI is InChI=1S/C17H27ClN2O2/c1-13(2)9-15(10-20(3)4)19-17(21)12-22-11-14-7-5-6-8-16(14)18/h5-8,13,15H,9-12H2,1-4H3,(H,19,21). The maximum atomic E-state index is 12.0. The lowest BCUT2D eigenvalue weighted by Gasteiger charge is -2.24. The van der Waals surface area contributed by atoms with Crippen molar-refractivity contribution in [3.05, 3.63) is 34.9 Å². The number of likely N-dealkylation sites (N-methyl/N-ethyl adjacent to an activating group) is 1. The van der Waals surface area contributed by atoms with Crippen LogP contribution in [0.1, 0.15) is 25.8 Å². The molecule has 0 aromatic heterocycles. The van der Waals surface area contributed by atoms with Gasteiger partial charge in [0, 0.05) is 17.6 Å². The molecule has 4 nitrogen and oxygen atoms in total. The number of amides is 1. The minimum absolute atomic E-state index is 0.0489. The van der Waals surface area contributed by atoms with Crippen molar-refractivity contribution in [2.24, 2.45) is 5.92 Å². The van der Waals surface area contributed by atoms with E-state index in [1.54, 1.807) is 0 Å². The number of carbonyl (C=O) groups excluding carboxylic acids is 1. The zero-order chi connectivity index (χ0) is 16.5. The number of halogens is 1. The van der Waals surface area contributed by atoms with Gasteiger partial charge >= 0.3 is 0 Å². The van der Waals surface area contributed by atoms with Crippen molar-refractivity contribution in [2.75, 3.05) is 27.2 Å². The zero-order valence-electron chi connectivity index (χ0n) is 13.9. The lowest BCUT2D eigenvalue weighted by Crippen LogP contribution is -2.43. The number of benzene rings is 1. The van der Waals surface area contributed by atoms with Gasteiger partial charge in [-0.1, -0.05) is 43.6 Å². The van der Waals surface area contributed by atoms with E-state index in [4.69, 9.17) is 16.3 Å². The Morgan fingerprint density at radius 3 is 2.59 bits per heavy atom. The van der Waals surface area contributed by atoms with Crippen molar-refractivity contribution in [1.82, 2.24) is 10.2 Å². The molecular weight excluding hydrogens is 300 g/mol. The van der Waals surface area contributed by atoms with Gasteiger partial charge in [-0.3, -0.25) is 4.79 Å². The van der Waals surface area contributed by atoms with Gasteiger partial charge in [0.1, 0.15) is 6.61 Å². The van der Waals surface area contributed by atoms with Crippen LogP contribution in [0.3, 0.4) is 0 Å². The third-order valence-corrected chi connectivity index (χ3v) is 3.52. The second kappa shape index (κ2) is 9.82. The molecule has 1 atom stereocenters. The Bertz CT molecular complexity index is 454. The van der Waals surface area contributed by atoms with Crippen LogP contribution in [0.2, 0.25) is 5.02 Å². The van der Waals surface area contributed by atoms with E-state index in [0.29, 0.717) is 17.5 Å². The highest BCUT2D eigenvalue weighted by atomic mass is 35.5. The molecule has 1 unspecified atom stereocenters. The fourth-order valence-electron chi connectivity index (χ4n) is 2.33. The van der Waals surface area contributed by atoms with E-state index in [-0.39, 0.29) is 18.6 Å². The van der Waals surface area contributed by atoms with Gasteiger partial charge in [0.2, 0.25) is 5.91 Å². The minimum Gasteiger partial charge on any atom is -0.367 e. The highest BCUT2D eigenvalue weighted by Crippen LogP contribution is 2.15. The van der Waals surface area contributed by atoms with Crippen molar-refractivity contribution in [3.8, 4) is 0 Å². The molecule has 22 heavy (non-hydrogen) atoms. The van der Waals surface area contributed by atoms with E-state index in [1.165, 1.54) is 0 Å². The SMILES string of the molecule is CC(C)CC(CN(C)C)NC(=O)COCc1ccccc1Cl. The van der Waals surface area contributed by atoms with Crippen LogP contribution in [0, 0.1) is 5.92 Å². The van der Waals surface area contributed by atoms with Crippen LogP contribution in [-0.2, 0) is 16.1 Å². The molecular formula is C17H27ClN2O2. The number of nitrogens with zero attached hydrogens (tertiary/aromatic N) is 1. The molecule has 0 saturated heterocycles. The second-order valence-corrected chi connectivity index (χ2v) is 6.65. The lowest BCUT2D eigenvalue weighted by molar-refractivity contribution is -0.127. The fraction of sp³-hybridized carbons (Fsp3) is 0.588. The normalized spacial score (nSPS) is 12.7. The summed E-state index contributed by atoms with van der Waals surface area (Å²) in [5.41, 5.74) is 0.893. The Hall–Kier alpha value is -1.10. The van der Waals surface area contributed by atoms with E-state index in [9.17, 15) is 4.79 Å². The monoisotopic (exact) mass is 326 g/mol. The quantitative estimate of drug-likeness (QED) is 0.758. The molecule has 0 aliphatic heterocycles. The zero-order valence-corrected chi connectivity index (χ0v) is 14.7. The van der Waals surface area contributed by atoms with Crippen LogP contribution in [0.5, 0.6) is 0 Å². The molecule has 1 N–H and O–H groups in total. The topological polar surface area (TPSA) is 41.6 Å². The van der Waals surface area contributed by atoms with Gasteiger partial charge in [0.25, 0.3) is 0 Å². The first-order valence-electron chi connectivity index (χ1n) is 7.63. The molecule has 0 spiro atoms. The predicted octanol–water partition coefficient (Wildman–Crippen LogP) is 2.95. The van der Waals surface area contributed by atoms with Crippen molar-refractivity contribution >= 4 is 17.5 Å². The van der Waals surface area contributed by atoms with Gasteiger partial charge in [-0.15, -0.1) is 0 Å². The molecule has 1 aromatic rings. The summed E-state index contributed by atoms with van der Waals surface area (Å²) in [4.78, 5) is 14.1. The summed E-state index contributed by atoms with van der Waals surface area (Å²) in [6, 6.07) is 7.63. The first-order chi connectivity index (χ1) is 10.4. The molecule has 124 valence electrons. The summed E-state index contributed by atoms with van der Waals surface area (Å²) in [7, 11) is 4.01. The van der Waals surface area contributed by atoms with Gasteiger partial charge in [-0.25, -0.2) is 0 Å². The third kappa shape index (κ3) is 7.78. The maximum Gasteiger partial charge on any atom is 0.246 e. The number of hydrogen-bond donors (Lipinski definition) is 1. The highest BCUT2D eigenvalue weighted by Gasteiger charge is 2.15. The molecule has 0 radical (unpaired) electrons. The average molecular weight is 327 g/mol. The van der Waals surface area contributed by atoms with E-state index < -0.39 is 0 Å². The Morgan fingerprint density at radius 1 is 1.32 bits per heavy atom. The molecule has 0 saturated carbocycles. The Morgan fingerprint density at radius 2 is 2.00 bits per heavy atom. The maximum absolute atomic E-state index is 12.0. The molecule has 1 aromatic carbocycles. The third-order valence-electron chi connectivity index (χ3n) is 3.16. The summed E-state index contributed by atoms with van der Waals surface area (Å²) in [6.07, 6.45) is 0.953. The summed E-state index contributed by atoms with van der Waals surface area (Å²) < 4.78 is 5.46.